The fraction of sp³-hybridized carbons (Fsp3) is 0.889. The molecule has 0 aliphatic carbocycles. The van der Waals surface area contributed by atoms with Gasteiger partial charge in [-0.2, -0.15) is 0 Å². The van der Waals surface area contributed by atoms with Crippen LogP contribution in [0.3, 0.4) is 0 Å². The molecule has 0 aromatic heterocycles. The van der Waals surface area contributed by atoms with Gasteiger partial charge in [0, 0.05) is 52.9 Å². The Morgan fingerprint density at radius 2 is 1.64 bits per heavy atom. The molecule has 2 fully saturated rings. The van der Waals surface area contributed by atoms with Gasteiger partial charge in [0.25, 0.3) is 0 Å². The van der Waals surface area contributed by atoms with Crippen molar-refractivity contribution in [3.8, 4) is 0 Å². The first-order valence-corrected chi connectivity index (χ1v) is 9.43. The van der Waals surface area contributed by atoms with Gasteiger partial charge in [-0.25, -0.2) is 0 Å². The SMILES string of the molecule is COC(CN)CC(=O)N1CCN(CC(=O)N2CC(C)CC(C)C2)CC1. The number of rotatable bonds is 6. The lowest BCUT2D eigenvalue weighted by atomic mass is 9.92. The molecule has 7 heteroatoms. The Morgan fingerprint density at radius 3 is 2.16 bits per heavy atom. The summed E-state index contributed by atoms with van der Waals surface area (Å²) < 4.78 is 5.19. The van der Waals surface area contributed by atoms with Gasteiger partial charge < -0.3 is 20.3 Å². The van der Waals surface area contributed by atoms with Crippen LogP contribution < -0.4 is 5.73 Å². The molecule has 0 bridgehead atoms. The number of likely N-dealkylation sites (tertiary alicyclic amines) is 1. The third kappa shape index (κ3) is 5.94. The molecule has 144 valence electrons. The minimum absolute atomic E-state index is 0.0851. The zero-order chi connectivity index (χ0) is 18.4. The quantitative estimate of drug-likeness (QED) is 0.726. The van der Waals surface area contributed by atoms with E-state index in [0.29, 0.717) is 44.4 Å². The molecule has 2 N–H and O–H groups in total. The second-order valence-corrected chi connectivity index (χ2v) is 7.70. The lowest BCUT2D eigenvalue weighted by Gasteiger charge is -2.38. The third-order valence-electron chi connectivity index (χ3n) is 5.30. The van der Waals surface area contributed by atoms with Crippen molar-refractivity contribution in [1.29, 1.82) is 0 Å². The molecule has 2 aliphatic heterocycles. The summed E-state index contributed by atoms with van der Waals surface area (Å²) in [7, 11) is 1.58. The molecule has 7 nitrogen and oxygen atoms in total. The van der Waals surface area contributed by atoms with E-state index in [9.17, 15) is 9.59 Å². The van der Waals surface area contributed by atoms with Gasteiger partial charge in [0.15, 0.2) is 0 Å². The van der Waals surface area contributed by atoms with Crippen molar-refractivity contribution in [2.24, 2.45) is 17.6 Å². The van der Waals surface area contributed by atoms with Crippen molar-refractivity contribution < 1.29 is 14.3 Å². The summed E-state index contributed by atoms with van der Waals surface area (Å²) in [6.07, 6.45) is 1.32. The number of ether oxygens (including phenoxy) is 1. The van der Waals surface area contributed by atoms with Crippen LogP contribution in [0.4, 0.5) is 0 Å². The number of hydrogen-bond acceptors (Lipinski definition) is 5. The summed E-state index contributed by atoms with van der Waals surface area (Å²) in [4.78, 5) is 30.9. The van der Waals surface area contributed by atoms with E-state index in [1.54, 1.807) is 7.11 Å². The van der Waals surface area contributed by atoms with Crippen LogP contribution in [-0.4, -0.2) is 92.1 Å². The summed E-state index contributed by atoms with van der Waals surface area (Å²) in [5.41, 5.74) is 5.58. The number of carbonyl (C=O) groups is 2. The van der Waals surface area contributed by atoms with Gasteiger partial charge in [-0.05, 0) is 18.3 Å². The molecule has 2 rings (SSSR count). The Balaban J connectivity index is 1.74. The number of nitrogens with two attached hydrogens (primary N) is 1. The van der Waals surface area contributed by atoms with E-state index in [0.717, 1.165) is 26.2 Å². The highest BCUT2D eigenvalue weighted by atomic mass is 16.5. The van der Waals surface area contributed by atoms with Crippen LogP contribution in [0.5, 0.6) is 0 Å². The first-order chi connectivity index (χ1) is 11.9. The molecule has 3 atom stereocenters. The van der Waals surface area contributed by atoms with Gasteiger partial charge in [0.05, 0.1) is 19.1 Å². The number of piperidine rings is 1. The van der Waals surface area contributed by atoms with E-state index in [1.807, 2.05) is 9.80 Å². The molecule has 25 heavy (non-hydrogen) atoms. The molecule has 0 radical (unpaired) electrons. The van der Waals surface area contributed by atoms with E-state index in [2.05, 4.69) is 18.7 Å². The lowest BCUT2D eigenvalue weighted by Crippen LogP contribution is -2.53. The normalized spacial score (nSPS) is 26.6. The Hall–Kier alpha value is -1.18. The van der Waals surface area contributed by atoms with Gasteiger partial charge in [0.2, 0.25) is 11.8 Å². The van der Waals surface area contributed by atoms with Crippen LogP contribution in [0.2, 0.25) is 0 Å². The Bertz CT molecular complexity index is 438. The first kappa shape index (κ1) is 20.1. The molecular weight excluding hydrogens is 320 g/mol. The number of carbonyl (C=O) groups excluding carboxylic acids is 2. The predicted molar refractivity (Wildman–Crippen MR) is 97.0 cm³/mol. The molecule has 2 amide bonds. The minimum Gasteiger partial charge on any atom is -0.380 e. The second kappa shape index (κ2) is 9.50. The summed E-state index contributed by atoms with van der Waals surface area (Å²) >= 11 is 0. The molecular formula is C18H34N4O3. The average Bonchev–Trinajstić information content (AvgIpc) is 2.59. The van der Waals surface area contributed by atoms with Crippen molar-refractivity contribution >= 4 is 11.8 Å². The van der Waals surface area contributed by atoms with E-state index < -0.39 is 0 Å². The summed E-state index contributed by atoms with van der Waals surface area (Å²) in [6, 6.07) is 0. The molecule has 2 heterocycles. The van der Waals surface area contributed by atoms with E-state index in [-0.39, 0.29) is 17.9 Å². The Morgan fingerprint density at radius 1 is 1.04 bits per heavy atom. The summed E-state index contributed by atoms with van der Waals surface area (Å²) in [5, 5.41) is 0. The maximum atomic E-state index is 12.6. The second-order valence-electron chi connectivity index (χ2n) is 7.70. The maximum Gasteiger partial charge on any atom is 0.236 e. The van der Waals surface area contributed by atoms with E-state index >= 15 is 0 Å². The zero-order valence-corrected chi connectivity index (χ0v) is 15.9. The topological polar surface area (TPSA) is 79.1 Å². The standard InChI is InChI=1S/C18H34N4O3/c1-14-8-15(2)12-22(11-14)18(24)13-20-4-6-21(7-5-20)17(23)9-16(10-19)25-3/h14-16H,4-13,19H2,1-3H3. The number of hydrogen-bond donors (Lipinski definition) is 1. The van der Waals surface area contributed by atoms with Gasteiger partial charge in [-0.1, -0.05) is 13.8 Å². The van der Waals surface area contributed by atoms with Crippen molar-refractivity contribution in [2.45, 2.75) is 32.8 Å². The van der Waals surface area contributed by atoms with E-state index in [1.165, 1.54) is 6.42 Å². The third-order valence-corrected chi connectivity index (χ3v) is 5.30. The highest BCUT2D eigenvalue weighted by Gasteiger charge is 2.28. The van der Waals surface area contributed by atoms with E-state index in [4.69, 9.17) is 10.5 Å². The number of amides is 2. The van der Waals surface area contributed by atoms with Crippen LogP contribution in [-0.2, 0) is 14.3 Å². The summed E-state index contributed by atoms with van der Waals surface area (Å²) in [6.45, 7) is 9.82. The molecule has 2 aliphatic rings. The van der Waals surface area contributed by atoms with Crippen molar-refractivity contribution in [2.75, 3.05) is 59.5 Å². The van der Waals surface area contributed by atoms with Crippen molar-refractivity contribution in [3.63, 3.8) is 0 Å². The highest BCUT2D eigenvalue weighted by Crippen LogP contribution is 2.21. The number of methoxy groups -OCH3 is 1. The van der Waals surface area contributed by atoms with Crippen LogP contribution in [0.15, 0.2) is 0 Å². The highest BCUT2D eigenvalue weighted by molar-refractivity contribution is 5.79. The van der Waals surface area contributed by atoms with Gasteiger partial charge in [0.1, 0.15) is 0 Å². The molecule has 3 unspecified atom stereocenters. The number of nitrogens with zero attached hydrogens (tertiary/aromatic N) is 3. The Kier molecular flexibility index (Phi) is 7.65. The first-order valence-electron chi connectivity index (χ1n) is 9.43. The lowest BCUT2D eigenvalue weighted by molar-refractivity contribution is -0.137. The largest absolute Gasteiger partial charge is 0.380 e. The molecule has 0 aromatic carbocycles. The van der Waals surface area contributed by atoms with Crippen LogP contribution in [0.25, 0.3) is 0 Å². The number of piperazine rings is 1. The van der Waals surface area contributed by atoms with Crippen molar-refractivity contribution in [1.82, 2.24) is 14.7 Å². The van der Waals surface area contributed by atoms with Crippen molar-refractivity contribution in [3.05, 3.63) is 0 Å². The monoisotopic (exact) mass is 354 g/mol. The maximum absolute atomic E-state index is 12.6. The molecule has 0 spiro atoms. The average molecular weight is 354 g/mol. The predicted octanol–water partition coefficient (Wildman–Crippen LogP) is -0.00110. The molecule has 2 saturated heterocycles. The van der Waals surface area contributed by atoms with Gasteiger partial charge in [-0.15, -0.1) is 0 Å². The summed E-state index contributed by atoms with van der Waals surface area (Å²) in [5.74, 6) is 1.47. The fourth-order valence-corrected chi connectivity index (χ4v) is 3.90. The van der Waals surface area contributed by atoms with Gasteiger partial charge >= 0.3 is 0 Å². The van der Waals surface area contributed by atoms with Gasteiger partial charge in [-0.3, -0.25) is 14.5 Å². The smallest absolute Gasteiger partial charge is 0.236 e. The molecule has 0 saturated carbocycles. The minimum atomic E-state index is -0.213. The Labute approximate surface area is 151 Å². The molecule has 0 aromatic rings. The van der Waals surface area contributed by atoms with Crippen LogP contribution in [0.1, 0.15) is 26.7 Å². The van der Waals surface area contributed by atoms with Crippen LogP contribution >= 0.6 is 0 Å². The fourth-order valence-electron chi connectivity index (χ4n) is 3.90. The van der Waals surface area contributed by atoms with Crippen LogP contribution in [0, 0.1) is 11.8 Å². The zero-order valence-electron chi connectivity index (χ0n) is 15.9.